The van der Waals surface area contributed by atoms with Gasteiger partial charge in [-0.25, -0.2) is 9.37 Å². The van der Waals surface area contributed by atoms with E-state index in [9.17, 15) is 19.4 Å². The number of aromatic nitrogens is 1. The van der Waals surface area contributed by atoms with Gasteiger partial charge in [0.05, 0.1) is 0 Å². The molecule has 198 valence electrons. The van der Waals surface area contributed by atoms with Crippen molar-refractivity contribution in [1.82, 2.24) is 10.3 Å². The van der Waals surface area contributed by atoms with Crippen molar-refractivity contribution in [3.63, 3.8) is 0 Å². The number of benzene rings is 3. The fourth-order valence-electron chi connectivity index (χ4n) is 4.21. The summed E-state index contributed by atoms with van der Waals surface area (Å²) in [5.74, 6) is -1.05. The molecule has 0 aliphatic carbocycles. The van der Waals surface area contributed by atoms with Gasteiger partial charge in [-0.2, -0.15) is 0 Å². The number of hydrogen-bond acceptors (Lipinski definition) is 8. The lowest BCUT2D eigenvalue weighted by atomic mass is 10.0. The zero-order valence-corrected chi connectivity index (χ0v) is 22.2. The van der Waals surface area contributed by atoms with Crippen LogP contribution in [0.2, 0.25) is 0 Å². The fraction of sp³-hybridized carbons (Fsp3) is 0.100. The summed E-state index contributed by atoms with van der Waals surface area (Å²) >= 11 is 1.12. The highest BCUT2D eigenvalue weighted by Gasteiger charge is 2.26. The van der Waals surface area contributed by atoms with Crippen molar-refractivity contribution in [2.24, 2.45) is 0 Å². The highest BCUT2D eigenvalue weighted by atomic mass is 32.2. The first-order valence-electron chi connectivity index (χ1n) is 12.1. The number of para-hydroxylation sites is 1. The third-order valence-corrected chi connectivity index (χ3v) is 7.08. The molecule has 4 N–H and O–H groups in total. The van der Waals surface area contributed by atoms with E-state index in [1.54, 1.807) is 43.6 Å². The van der Waals surface area contributed by atoms with Gasteiger partial charge < -0.3 is 25.8 Å². The Labute approximate surface area is 230 Å². The number of aldehydes is 1. The molecule has 0 radical (unpaired) electrons. The number of aromatic hydroxyl groups is 2. The topological polar surface area (TPSA) is 110 Å². The summed E-state index contributed by atoms with van der Waals surface area (Å²) in [7, 11) is 1.69. The summed E-state index contributed by atoms with van der Waals surface area (Å²) in [5, 5.41) is 33.3. The maximum absolute atomic E-state index is 13.6. The van der Waals surface area contributed by atoms with E-state index in [1.165, 1.54) is 12.1 Å². The second-order valence-corrected chi connectivity index (χ2v) is 9.48. The number of carbonyl (C=O) groups excluding carboxylic acids is 1. The molecule has 0 amide bonds. The smallest absolute Gasteiger partial charge is 0.229 e. The molecule has 4 rings (SSSR count). The Bertz CT molecular complexity index is 1530. The summed E-state index contributed by atoms with van der Waals surface area (Å²) in [6.45, 7) is 2.42. The molecule has 39 heavy (non-hydrogen) atoms. The molecule has 0 aliphatic rings. The van der Waals surface area contributed by atoms with Gasteiger partial charge in [0.2, 0.25) is 5.88 Å². The number of allylic oxidation sites excluding steroid dienone is 1. The van der Waals surface area contributed by atoms with E-state index < -0.39 is 5.82 Å². The maximum Gasteiger partial charge on any atom is 0.229 e. The van der Waals surface area contributed by atoms with Crippen LogP contribution in [0.4, 0.5) is 15.8 Å². The molecule has 0 saturated carbocycles. The van der Waals surface area contributed by atoms with Crippen LogP contribution >= 0.6 is 11.8 Å². The van der Waals surface area contributed by atoms with E-state index in [2.05, 4.69) is 10.3 Å². The van der Waals surface area contributed by atoms with Crippen LogP contribution in [0, 0.1) is 11.2 Å². The second-order valence-electron chi connectivity index (χ2n) is 8.40. The molecule has 0 unspecified atom stereocenters. The molecule has 9 heteroatoms. The van der Waals surface area contributed by atoms with Gasteiger partial charge in [0.1, 0.15) is 22.1 Å². The SMILES string of the molecule is CCN(c1ccccc1)c1c(/C(C=N)=C/NC)nc(O)c(Sc2ccc(-c3ccc(F)cc3C=O)cc2)c1O. The maximum atomic E-state index is 13.6. The highest BCUT2D eigenvalue weighted by Crippen LogP contribution is 2.49. The number of hydrogen-bond donors (Lipinski definition) is 4. The average molecular weight is 543 g/mol. The average Bonchev–Trinajstić information content (AvgIpc) is 2.96. The monoisotopic (exact) mass is 542 g/mol. The molecule has 0 fully saturated rings. The van der Waals surface area contributed by atoms with Gasteiger partial charge in [-0.1, -0.05) is 48.2 Å². The van der Waals surface area contributed by atoms with E-state index in [-0.39, 0.29) is 27.8 Å². The molecular weight excluding hydrogens is 515 g/mol. The normalized spacial score (nSPS) is 11.2. The molecular formula is C30H27FN4O3S. The Morgan fingerprint density at radius 2 is 1.82 bits per heavy atom. The molecule has 0 aliphatic heterocycles. The number of nitrogens with zero attached hydrogens (tertiary/aromatic N) is 2. The minimum Gasteiger partial charge on any atom is -0.504 e. The van der Waals surface area contributed by atoms with Crippen LogP contribution in [0.25, 0.3) is 16.7 Å². The van der Waals surface area contributed by atoms with Crippen LogP contribution in [0.15, 0.2) is 88.8 Å². The van der Waals surface area contributed by atoms with E-state index >= 15 is 0 Å². The Hall–Kier alpha value is -4.63. The number of rotatable bonds is 10. The first-order valence-corrected chi connectivity index (χ1v) is 12.9. The van der Waals surface area contributed by atoms with Crippen LogP contribution in [0.1, 0.15) is 23.0 Å². The quantitative estimate of drug-likeness (QED) is 0.132. The Morgan fingerprint density at radius 3 is 2.44 bits per heavy atom. The van der Waals surface area contributed by atoms with Crippen LogP contribution in [0.3, 0.4) is 0 Å². The molecule has 7 nitrogen and oxygen atoms in total. The predicted molar refractivity (Wildman–Crippen MR) is 154 cm³/mol. The van der Waals surface area contributed by atoms with Crippen LogP contribution in [-0.2, 0) is 0 Å². The van der Waals surface area contributed by atoms with Gasteiger partial charge in [0, 0.05) is 47.7 Å². The molecule has 0 spiro atoms. The van der Waals surface area contributed by atoms with Crippen LogP contribution in [0.5, 0.6) is 11.6 Å². The van der Waals surface area contributed by atoms with Gasteiger partial charge in [-0.05, 0) is 54.4 Å². The first kappa shape index (κ1) is 27.4. The van der Waals surface area contributed by atoms with Crippen molar-refractivity contribution in [1.29, 1.82) is 5.41 Å². The minimum absolute atomic E-state index is 0.153. The number of carbonyl (C=O) groups is 1. The third-order valence-electron chi connectivity index (χ3n) is 5.99. The van der Waals surface area contributed by atoms with Gasteiger partial charge in [-0.3, -0.25) is 4.79 Å². The molecule has 1 heterocycles. The van der Waals surface area contributed by atoms with Crippen molar-refractivity contribution in [2.45, 2.75) is 16.7 Å². The molecule has 4 aromatic rings. The Morgan fingerprint density at radius 1 is 1.10 bits per heavy atom. The van der Waals surface area contributed by atoms with Crippen LogP contribution in [-0.4, -0.2) is 41.3 Å². The fourth-order valence-corrected chi connectivity index (χ4v) is 5.05. The Balaban J connectivity index is 1.80. The van der Waals surface area contributed by atoms with E-state index in [1.807, 2.05) is 42.2 Å². The largest absolute Gasteiger partial charge is 0.504 e. The second kappa shape index (κ2) is 12.3. The summed E-state index contributed by atoms with van der Waals surface area (Å²) in [6, 6.07) is 20.6. The van der Waals surface area contributed by atoms with Gasteiger partial charge in [0.25, 0.3) is 0 Å². The standard InChI is InChI=1S/C30H27FN4O3S/c1-3-35(23-7-5-4-6-8-23)27-26(21(16-32)17-33-2)34-30(38)29(28(27)37)39-24-12-9-19(10-13-24)25-14-11-22(31)15-20(25)18-36/h4-18,32-33H,3H2,1-2H3,(H2,34,37,38)/b21-17+,32-16?. The lowest BCUT2D eigenvalue weighted by Crippen LogP contribution is -2.19. The van der Waals surface area contributed by atoms with E-state index in [0.717, 1.165) is 29.2 Å². The van der Waals surface area contributed by atoms with E-state index in [4.69, 9.17) is 5.41 Å². The molecule has 3 aromatic carbocycles. The molecule has 0 bridgehead atoms. The number of halogens is 1. The zero-order chi connectivity index (χ0) is 27.9. The van der Waals surface area contributed by atoms with Crippen molar-refractivity contribution in [3.8, 4) is 22.8 Å². The van der Waals surface area contributed by atoms with Gasteiger partial charge in [-0.15, -0.1) is 0 Å². The van der Waals surface area contributed by atoms with Crippen molar-refractivity contribution in [2.75, 3.05) is 18.5 Å². The lowest BCUT2D eigenvalue weighted by Gasteiger charge is -2.27. The predicted octanol–water partition coefficient (Wildman–Crippen LogP) is 6.63. The minimum atomic E-state index is -0.488. The van der Waals surface area contributed by atoms with Crippen molar-refractivity contribution in [3.05, 3.63) is 96.1 Å². The zero-order valence-electron chi connectivity index (χ0n) is 21.4. The van der Waals surface area contributed by atoms with Gasteiger partial charge in [0.15, 0.2) is 12.0 Å². The first-order chi connectivity index (χ1) is 18.9. The summed E-state index contributed by atoms with van der Waals surface area (Å²) in [5.41, 5.74) is 3.34. The summed E-state index contributed by atoms with van der Waals surface area (Å²) in [6.07, 6.45) is 3.29. The van der Waals surface area contributed by atoms with Crippen molar-refractivity contribution >= 4 is 41.2 Å². The van der Waals surface area contributed by atoms with Crippen molar-refractivity contribution < 1.29 is 19.4 Å². The molecule has 0 saturated heterocycles. The summed E-state index contributed by atoms with van der Waals surface area (Å²) < 4.78 is 13.6. The number of nitrogens with one attached hydrogen (secondary N) is 2. The number of pyridine rings is 1. The van der Waals surface area contributed by atoms with Gasteiger partial charge >= 0.3 is 0 Å². The number of anilines is 2. The van der Waals surface area contributed by atoms with Crippen LogP contribution < -0.4 is 10.2 Å². The highest BCUT2D eigenvalue weighted by molar-refractivity contribution is 7.99. The molecule has 0 atom stereocenters. The Kier molecular flexibility index (Phi) is 8.63. The third kappa shape index (κ3) is 5.78. The van der Waals surface area contributed by atoms with E-state index in [0.29, 0.717) is 34.6 Å². The molecule has 1 aromatic heterocycles. The lowest BCUT2D eigenvalue weighted by molar-refractivity contribution is 0.112. The summed E-state index contributed by atoms with van der Waals surface area (Å²) in [4.78, 5) is 18.6.